The van der Waals surface area contributed by atoms with E-state index in [1.165, 1.54) is 12.1 Å². The summed E-state index contributed by atoms with van der Waals surface area (Å²) in [6.45, 7) is 3.49. The molecule has 0 saturated heterocycles. The predicted molar refractivity (Wildman–Crippen MR) is 69.2 cm³/mol. The molecule has 0 aliphatic carbocycles. The van der Waals surface area contributed by atoms with Crippen LogP contribution in [0.3, 0.4) is 0 Å². The number of halogens is 2. The average molecular weight is 247 g/mol. The van der Waals surface area contributed by atoms with Gasteiger partial charge in [0.2, 0.25) is 0 Å². The minimum atomic E-state index is -0.406. The van der Waals surface area contributed by atoms with Crippen LogP contribution >= 0.6 is 0 Å². The van der Waals surface area contributed by atoms with Gasteiger partial charge in [0.05, 0.1) is 0 Å². The molecule has 0 bridgehead atoms. The maximum atomic E-state index is 13.8. The quantitative estimate of drug-likeness (QED) is 0.867. The normalized spacial score (nSPS) is 10.6. The van der Waals surface area contributed by atoms with Gasteiger partial charge in [-0.1, -0.05) is 31.2 Å². The first-order valence-corrected chi connectivity index (χ1v) is 5.96. The predicted octanol–water partition coefficient (Wildman–Crippen LogP) is 3.74. The van der Waals surface area contributed by atoms with E-state index in [-0.39, 0.29) is 0 Å². The molecule has 3 heteroatoms. The number of nitrogens with one attached hydrogen (secondary N) is 1. The van der Waals surface area contributed by atoms with Gasteiger partial charge in [0, 0.05) is 17.7 Å². The fourth-order valence-electron chi connectivity index (χ4n) is 1.84. The molecule has 0 atom stereocenters. The second kappa shape index (κ2) is 5.74. The molecule has 0 heterocycles. The largest absolute Gasteiger partial charge is 0.313 e. The smallest absolute Gasteiger partial charge is 0.131 e. The lowest BCUT2D eigenvalue weighted by molar-refractivity contribution is 0.615. The van der Waals surface area contributed by atoms with Gasteiger partial charge in [0.25, 0.3) is 0 Å². The lowest BCUT2D eigenvalue weighted by atomic mass is 10.0. The third-order valence-electron chi connectivity index (χ3n) is 2.77. The first-order chi connectivity index (χ1) is 8.72. The van der Waals surface area contributed by atoms with Crippen LogP contribution in [0.4, 0.5) is 8.78 Å². The van der Waals surface area contributed by atoms with Crippen molar-refractivity contribution in [1.82, 2.24) is 5.32 Å². The van der Waals surface area contributed by atoms with Crippen LogP contribution in [0.25, 0.3) is 11.1 Å². The molecule has 0 aliphatic rings. The van der Waals surface area contributed by atoms with Crippen molar-refractivity contribution >= 4 is 0 Å². The highest BCUT2D eigenvalue weighted by molar-refractivity contribution is 5.65. The summed E-state index contributed by atoms with van der Waals surface area (Å²) in [7, 11) is 0. The summed E-state index contributed by atoms with van der Waals surface area (Å²) in [6, 6.07) is 11.0. The average Bonchev–Trinajstić information content (AvgIpc) is 2.39. The molecule has 1 N–H and O–H groups in total. The monoisotopic (exact) mass is 247 g/mol. The van der Waals surface area contributed by atoms with Gasteiger partial charge in [-0.25, -0.2) is 8.78 Å². The first kappa shape index (κ1) is 12.7. The molecular weight excluding hydrogens is 232 g/mol. The number of benzene rings is 2. The van der Waals surface area contributed by atoms with E-state index in [1.54, 1.807) is 30.3 Å². The Kier molecular flexibility index (Phi) is 4.05. The summed E-state index contributed by atoms with van der Waals surface area (Å²) in [4.78, 5) is 0. The van der Waals surface area contributed by atoms with Crippen molar-refractivity contribution in [2.75, 3.05) is 6.54 Å². The van der Waals surface area contributed by atoms with E-state index in [1.807, 2.05) is 6.92 Å². The molecule has 0 radical (unpaired) electrons. The Morgan fingerprint density at radius 2 is 1.67 bits per heavy atom. The summed E-state index contributed by atoms with van der Waals surface area (Å²) >= 11 is 0. The van der Waals surface area contributed by atoms with Gasteiger partial charge in [0.1, 0.15) is 11.6 Å². The summed E-state index contributed by atoms with van der Waals surface area (Å²) in [5.74, 6) is -0.808. The van der Waals surface area contributed by atoms with Gasteiger partial charge in [0.15, 0.2) is 0 Å². The third kappa shape index (κ3) is 2.74. The Bertz CT molecular complexity index is 538. The highest BCUT2D eigenvalue weighted by Crippen LogP contribution is 2.26. The molecule has 0 fully saturated rings. The lowest BCUT2D eigenvalue weighted by Gasteiger charge is -2.08. The van der Waals surface area contributed by atoms with Crippen molar-refractivity contribution in [3.63, 3.8) is 0 Å². The number of rotatable bonds is 4. The van der Waals surface area contributed by atoms with E-state index in [4.69, 9.17) is 0 Å². The second-order valence-electron chi connectivity index (χ2n) is 4.07. The van der Waals surface area contributed by atoms with Crippen molar-refractivity contribution in [3.8, 4) is 11.1 Å². The molecular formula is C15H15F2N. The van der Waals surface area contributed by atoms with Crippen LogP contribution in [0.2, 0.25) is 0 Å². The second-order valence-corrected chi connectivity index (χ2v) is 4.07. The van der Waals surface area contributed by atoms with E-state index < -0.39 is 11.6 Å². The minimum Gasteiger partial charge on any atom is -0.313 e. The molecule has 1 nitrogen and oxygen atoms in total. The van der Waals surface area contributed by atoms with Crippen molar-refractivity contribution in [2.24, 2.45) is 0 Å². The highest BCUT2D eigenvalue weighted by atomic mass is 19.1. The molecule has 0 amide bonds. The Balaban J connectivity index is 2.40. The molecule has 2 rings (SSSR count). The Morgan fingerprint density at radius 1 is 0.944 bits per heavy atom. The molecule has 0 aromatic heterocycles. The van der Waals surface area contributed by atoms with Crippen LogP contribution in [0.5, 0.6) is 0 Å². The SMILES string of the molecule is CCNCc1ccc(F)c(-c2ccccc2F)c1. The fourth-order valence-corrected chi connectivity index (χ4v) is 1.84. The summed E-state index contributed by atoms with van der Waals surface area (Å²) < 4.78 is 27.4. The van der Waals surface area contributed by atoms with E-state index in [2.05, 4.69) is 5.32 Å². The maximum Gasteiger partial charge on any atom is 0.131 e. The van der Waals surface area contributed by atoms with Gasteiger partial charge in [-0.05, 0) is 30.3 Å². The van der Waals surface area contributed by atoms with Crippen LogP contribution in [-0.2, 0) is 6.54 Å². The van der Waals surface area contributed by atoms with Crippen molar-refractivity contribution in [1.29, 1.82) is 0 Å². The van der Waals surface area contributed by atoms with Gasteiger partial charge < -0.3 is 5.32 Å². The first-order valence-electron chi connectivity index (χ1n) is 5.96. The number of hydrogen-bond donors (Lipinski definition) is 1. The Hall–Kier alpha value is -1.74. The van der Waals surface area contributed by atoms with Crippen molar-refractivity contribution in [2.45, 2.75) is 13.5 Å². The van der Waals surface area contributed by atoms with Crippen LogP contribution in [0.15, 0.2) is 42.5 Å². The van der Waals surface area contributed by atoms with Gasteiger partial charge >= 0.3 is 0 Å². The van der Waals surface area contributed by atoms with Gasteiger partial charge in [-0.3, -0.25) is 0 Å². The topological polar surface area (TPSA) is 12.0 Å². The highest BCUT2D eigenvalue weighted by Gasteiger charge is 2.10. The molecule has 18 heavy (non-hydrogen) atoms. The minimum absolute atomic E-state index is 0.299. The van der Waals surface area contributed by atoms with Gasteiger partial charge in [-0.2, -0.15) is 0 Å². The van der Waals surface area contributed by atoms with Crippen LogP contribution in [-0.4, -0.2) is 6.54 Å². The zero-order valence-corrected chi connectivity index (χ0v) is 10.2. The van der Waals surface area contributed by atoms with E-state index in [9.17, 15) is 8.78 Å². The standard InChI is InChI=1S/C15H15F2N/c1-2-18-10-11-7-8-15(17)13(9-11)12-5-3-4-6-14(12)16/h3-9,18H,2,10H2,1H3. The molecule has 0 unspecified atom stereocenters. The van der Waals surface area contributed by atoms with Crippen molar-refractivity contribution in [3.05, 3.63) is 59.7 Å². The molecule has 0 spiro atoms. The molecule has 0 saturated carbocycles. The Labute approximate surface area is 105 Å². The third-order valence-corrected chi connectivity index (χ3v) is 2.77. The zero-order valence-electron chi connectivity index (χ0n) is 10.2. The van der Waals surface area contributed by atoms with Crippen molar-refractivity contribution < 1.29 is 8.78 Å². The molecule has 0 aliphatic heterocycles. The molecule has 2 aromatic rings. The summed E-state index contributed by atoms with van der Waals surface area (Å²) in [6.07, 6.45) is 0. The zero-order chi connectivity index (χ0) is 13.0. The maximum absolute atomic E-state index is 13.8. The fraction of sp³-hybridized carbons (Fsp3) is 0.200. The van der Waals surface area contributed by atoms with Gasteiger partial charge in [-0.15, -0.1) is 0 Å². The summed E-state index contributed by atoms with van der Waals surface area (Å²) in [5, 5.41) is 3.16. The lowest BCUT2D eigenvalue weighted by Crippen LogP contribution is -2.11. The van der Waals surface area contributed by atoms with E-state index >= 15 is 0 Å². The van der Waals surface area contributed by atoms with Crippen LogP contribution in [0, 0.1) is 11.6 Å². The number of hydrogen-bond acceptors (Lipinski definition) is 1. The van der Waals surface area contributed by atoms with Crippen LogP contribution in [0.1, 0.15) is 12.5 Å². The van der Waals surface area contributed by atoms with E-state index in [0.717, 1.165) is 12.1 Å². The summed E-state index contributed by atoms with van der Waals surface area (Å²) in [5.41, 5.74) is 1.55. The van der Waals surface area contributed by atoms with E-state index in [0.29, 0.717) is 17.7 Å². The molecule has 2 aromatic carbocycles. The van der Waals surface area contributed by atoms with Crippen LogP contribution < -0.4 is 5.32 Å². The molecule has 94 valence electrons. The Morgan fingerprint density at radius 3 is 2.39 bits per heavy atom.